The van der Waals surface area contributed by atoms with Gasteiger partial charge >= 0.3 is 0 Å². The minimum absolute atomic E-state index is 0. The summed E-state index contributed by atoms with van der Waals surface area (Å²) >= 11 is 0. The number of benzene rings is 9. The molecule has 514 valence electrons. The van der Waals surface area contributed by atoms with Crippen LogP contribution in [0.1, 0.15) is 48.6 Å². The van der Waals surface area contributed by atoms with E-state index in [1.54, 1.807) is 6.20 Å². The Bertz CT molecular complexity index is 4550. The quantitative estimate of drug-likeness (QED) is 0.0782. The Labute approximate surface area is 650 Å². The van der Waals surface area contributed by atoms with Crippen LogP contribution in [0.4, 0.5) is 0 Å². The fourth-order valence-electron chi connectivity index (χ4n) is 10.5. The van der Waals surface area contributed by atoms with Crippen LogP contribution in [0, 0.1) is 58.0 Å². The molecule has 0 atom stereocenters. The van der Waals surface area contributed by atoms with Crippen LogP contribution in [0.3, 0.4) is 0 Å². The Hall–Kier alpha value is -9.46. The summed E-state index contributed by atoms with van der Waals surface area (Å²) in [5, 5.41) is 8.36. The van der Waals surface area contributed by atoms with Crippen molar-refractivity contribution < 1.29 is 90.3 Å². The molecule has 1 N–H and O–H groups in total. The molecule has 0 fully saturated rings. The second kappa shape index (κ2) is 43.9. The number of carbonyl (C=O) groups excluding carboxylic acids is 1. The van der Waals surface area contributed by atoms with Crippen LogP contribution in [0.15, 0.2) is 322 Å². The second-order valence-corrected chi connectivity index (χ2v) is 22.7. The fourth-order valence-corrected chi connectivity index (χ4v) is 10.5. The topological polar surface area (TPSA) is 102 Å². The van der Waals surface area contributed by atoms with Crippen molar-refractivity contribution >= 4 is 5.78 Å². The van der Waals surface area contributed by atoms with Gasteiger partial charge in [0.2, 0.25) is 0 Å². The first-order chi connectivity index (χ1) is 47.4. The van der Waals surface area contributed by atoms with Gasteiger partial charge in [0.25, 0.3) is 0 Å². The number of nitrogens with zero attached hydrogens (tertiary/aromatic N) is 5. The van der Waals surface area contributed by atoms with Crippen molar-refractivity contribution in [3.05, 3.63) is 380 Å². The standard InChI is InChI=1S/2C19H16N.2C18H14N.C11H8N.C5H8O2.4Ir/c1-14-10-15(2)12-18(11-14)17-8-9-20-19(13-17)16-6-4-3-5-7-16;1-2-15-13-19(17-11-7-4-8-12-17)20-14-18(15)16-9-5-3-6-10-16;2*1-14-12-18(16-10-6-3-7-11-16)19-13-17(14)15-8-4-2-5-9-15;1-2-6-10(7-3-1)11-8-4-5-9-12-11;1-4(6)3-5(2)7;;;;/h3-6,8-13H,1-2H3;3-11,13-14H,2H2,1H3;2*2-10,12-13H,1H3;1-6,8-9H;3,6H,1-2H3;;;;/q5*-1;;;;;. The van der Waals surface area contributed by atoms with Crippen molar-refractivity contribution in [3.63, 3.8) is 0 Å². The molecule has 11 heteroatoms. The van der Waals surface area contributed by atoms with Gasteiger partial charge in [-0.15, -0.1) is 179 Å². The van der Waals surface area contributed by atoms with E-state index in [0.717, 1.165) is 62.7 Å². The minimum Gasteiger partial charge on any atom is -0.512 e. The molecule has 0 saturated heterocycles. The Morgan fingerprint density at radius 3 is 1.03 bits per heavy atom. The van der Waals surface area contributed by atoms with Crippen molar-refractivity contribution in [1.29, 1.82) is 0 Å². The monoisotopic (exact) mass is 2030 g/mol. The molecule has 0 aliphatic heterocycles. The molecule has 0 saturated carbocycles. The maximum absolute atomic E-state index is 10.0. The minimum atomic E-state index is -0.125. The zero-order valence-electron chi connectivity index (χ0n) is 57.2. The number of hydrogen-bond acceptors (Lipinski definition) is 7. The zero-order valence-corrected chi connectivity index (χ0v) is 66.7. The molecule has 7 nitrogen and oxygen atoms in total. The van der Waals surface area contributed by atoms with E-state index in [-0.39, 0.29) is 92.0 Å². The van der Waals surface area contributed by atoms with Crippen molar-refractivity contribution in [3.8, 4) is 101 Å². The van der Waals surface area contributed by atoms with Gasteiger partial charge in [0.1, 0.15) is 0 Å². The zero-order chi connectivity index (χ0) is 68.0. The maximum atomic E-state index is 10.0. The predicted molar refractivity (Wildman–Crippen MR) is 400 cm³/mol. The summed E-state index contributed by atoms with van der Waals surface area (Å²) in [5.74, 6) is -0.0625. The molecule has 0 aliphatic carbocycles. The summed E-state index contributed by atoms with van der Waals surface area (Å²) in [4.78, 5) is 32.4. The average Bonchev–Trinajstić information content (AvgIpc) is 0.841. The number of ketones is 1. The van der Waals surface area contributed by atoms with E-state index in [1.165, 1.54) is 92.2 Å². The van der Waals surface area contributed by atoms with Crippen molar-refractivity contribution in [2.75, 3.05) is 0 Å². The van der Waals surface area contributed by atoms with Crippen molar-refractivity contribution in [1.82, 2.24) is 24.9 Å². The molecular formula is C90H76Ir4N5O2-5. The van der Waals surface area contributed by atoms with Gasteiger partial charge in [-0.3, -0.25) is 4.79 Å². The molecule has 0 unspecified atom stereocenters. The van der Waals surface area contributed by atoms with Crippen LogP contribution < -0.4 is 0 Å². The Balaban J connectivity index is 0.000000221. The molecule has 14 aromatic rings. The van der Waals surface area contributed by atoms with E-state index in [9.17, 15) is 4.79 Å². The number of aryl methyl sites for hydroxylation is 5. The molecule has 9 aromatic carbocycles. The van der Waals surface area contributed by atoms with Crippen LogP contribution in [-0.2, 0) is 91.6 Å². The smallest absolute Gasteiger partial charge is 0.155 e. The Morgan fingerprint density at radius 1 is 0.347 bits per heavy atom. The number of carbonyl (C=O) groups is 1. The molecule has 5 heterocycles. The molecule has 5 aromatic heterocycles. The van der Waals surface area contributed by atoms with Gasteiger partial charge in [-0.2, -0.15) is 0 Å². The molecule has 0 aliphatic rings. The van der Waals surface area contributed by atoms with Gasteiger partial charge in [0, 0.05) is 134 Å². The summed E-state index contributed by atoms with van der Waals surface area (Å²) in [6, 6.07) is 110. The fraction of sp³-hybridized carbons (Fsp3) is 0.0889. The second-order valence-electron chi connectivity index (χ2n) is 22.7. The third kappa shape index (κ3) is 25.9. The summed E-state index contributed by atoms with van der Waals surface area (Å²) < 4.78 is 0. The molecule has 14 rings (SSSR count). The van der Waals surface area contributed by atoms with E-state index >= 15 is 0 Å². The first-order valence-corrected chi connectivity index (χ1v) is 32.2. The normalized spacial score (nSPS) is 9.99. The third-order valence-corrected chi connectivity index (χ3v) is 15.2. The molecule has 0 spiro atoms. The molecule has 0 bridgehead atoms. The van der Waals surface area contributed by atoms with E-state index in [0.29, 0.717) is 0 Å². The molecule has 0 amide bonds. The SMILES string of the molecule is CC(=O)C=C(C)O.CCc1cc(-c2[c-]cccc2)ncc1-c1ccccc1.Cc1cc(-c2[c-]cccc2)ncc1-c1ccccc1.Cc1cc(-c2[c-]cccc2)ncc1-c1ccccc1.Cc1cc(C)cc(-c2ccnc(-c3[c-]cccc3)c2)c1.[Ir].[Ir].[Ir].[Ir].[c-]1ccccc1-c1ccccn1. The van der Waals surface area contributed by atoms with Crippen LogP contribution in [0.25, 0.3) is 101 Å². The summed E-state index contributed by atoms with van der Waals surface area (Å²) in [7, 11) is 0. The number of aliphatic hydroxyl groups is 1. The maximum Gasteiger partial charge on any atom is 0.155 e. The first kappa shape index (κ1) is 82.2. The number of aromatic nitrogens is 5. The van der Waals surface area contributed by atoms with Gasteiger partial charge in [0.05, 0.1) is 5.76 Å². The summed E-state index contributed by atoms with van der Waals surface area (Å²) in [6.07, 6.45) is 11.7. The van der Waals surface area contributed by atoms with Crippen LogP contribution in [0.5, 0.6) is 0 Å². The van der Waals surface area contributed by atoms with E-state index in [1.807, 2.05) is 207 Å². The predicted octanol–water partition coefficient (Wildman–Crippen LogP) is 22.2. The van der Waals surface area contributed by atoms with Gasteiger partial charge in [-0.1, -0.05) is 164 Å². The van der Waals surface area contributed by atoms with Crippen molar-refractivity contribution in [2.24, 2.45) is 0 Å². The Kier molecular flexibility index (Phi) is 35.8. The van der Waals surface area contributed by atoms with Crippen LogP contribution in [0.2, 0.25) is 0 Å². The van der Waals surface area contributed by atoms with E-state index in [2.05, 4.69) is 187 Å². The average molecular weight is 2030 g/mol. The number of allylic oxidation sites excluding steroid dienone is 2. The summed E-state index contributed by atoms with van der Waals surface area (Å²) in [6.45, 7) is 13.5. The number of aliphatic hydroxyl groups excluding tert-OH is 1. The summed E-state index contributed by atoms with van der Waals surface area (Å²) in [5.41, 5.74) is 26.0. The van der Waals surface area contributed by atoms with E-state index < -0.39 is 0 Å². The van der Waals surface area contributed by atoms with Crippen LogP contribution >= 0.6 is 0 Å². The number of hydrogen-bond donors (Lipinski definition) is 1. The Morgan fingerprint density at radius 2 is 0.693 bits per heavy atom. The third-order valence-electron chi connectivity index (χ3n) is 15.2. The number of rotatable bonds is 11. The van der Waals surface area contributed by atoms with Gasteiger partial charge in [-0.25, -0.2) is 0 Å². The van der Waals surface area contributed by atoms with Crippen molar-refractivity contribution in [2.45, 2.75) is 54.9 Å². The molecule has 101 heavy (non-hydrogen) atoms. The number of pyridine rings is 5. The van der Waals surface area contributed by atoms with Gasteiger partial charge in [-0.05, 0) is 133 Å². The largest absolute Gasteiger partial charge is 0.512 e. The molecular weight excluding hydrogens is 1950 g/mol. The van der Waals surface area contributed by atoms with E-state index in [4.69, 9.17) is 5.11 Å². The van der Waals surface area contributed by atoms with Gasteiger partial charge in [0.15, 0.2) is 5.78 Å². The van der Waals surface area contributed by atoms with Gasteiger partial charge < -0.3 is 30.0 Å². The molecule has 4 radical (unpaired) electrons. The van der Waals surface area contributed by atoms with Crippen LogP contribution in [-0.4, -0.2) is 35.8 Å². The first-order valence-electron chi connectivity index (χ1n) is 32.2.